The second kappa shape index (κ2) is 85.5. The largest absolute Gasteiger partial charge is 0.463 e. The van der Waals surface area contributed by atoms with Gasteiger partial charge in [0.05, 0.1) is 71.4 Å². The Morgan fingerprint density at radius 3 is 0.695 bits per heavy atom. The Balaban J connectivity index is -0.00000153. The molecule has 0 aliphatic rings. The highest BCUT2D eigenvalue weighted by Gasteiger charge is 2.24. The molecule has 0 fully saturated rings. The number of carbonyl (C=O) groups excluding carboxylic acids is 15. The third-order valence-electron chi connectivity index (χ3n) is 13.1. The van der Waals surface area contributed by atoms with Crippen LogP contribution in [0.4, 0.5) is 0 Å². The van der Waals surface area contributed by atoms with Crippen LogP contribution in [-0.2, 0) is 124 Å². The molecule has 6 rings (SSSR count). The molecule has 0 aromatic heterocycles. The number of nitrogens with zero attached hydrogens (tertiary/aromatic N) is 6. The summed E-state index contributed by atoms with van der Waals surface area (Å²) in [5.74, 6) is -6.29. The number of benzene rings is 6. The standard InChI is InChI=1S/C24H26O10.C22H22O8.C20H18O8.6C4H7NO/c25-21(31-15-13-29-17-23(27)33-19-7-3-1-4-8-19)11-12-22(26)32-16-14-30-18-24(28)34-20-9-5-2-6-10-20;1-15(21(25)29-17-9-5-3-6-10-17)27-19(23)13-14-20(24)28-16(2)22(26)30-18-11-7-4-8-12-18;21-17(25-13-19(23)27-15-7-3-1-4-8-15)11-12-18(22)26-14-20(24)28-16-9-5-2-6-10-16;3*1-2-3-6-4-5;3*1-2-3-5-4-6/h1-10H,11-18H2;3-12,15-16H,13-14H2,1-2H3;1-10H,11-14H2;6*2-3H2,1H3. The Morgan fingerprint density at radius 2 is 0.492 bits per heavy atom. The minimum atomic E-state index is -1.14. The van der Waals surface area contributed by atoms with Crippen molar-refractivity contribution >= 4 is 89.9 Å². The van der Waals surface area contributed by atoms with Gasteiger partial charge in [-0.05, 0) is 125 Å². The molecule has 0 aliphatic carbocycles. The van der Waals surface area contributed by atoms with Crippen molar-refractivity contribution in [3.8, 4) is 53.3 Å². The van der Waals surface area contributed by atoms with E-state index in [4.69, 9.17) is 82.1 Å². The summed E-state index contributed by atoms with van der Waals surface area (Å²) >= 11 is 0. The quantitative estimate of drug-likeness (QED) is 0.00651. The van der Waals surface area contributed by atoms with Crippen LogP contribution >= 0.6 is 0 Å². The zero-order chi connectivity index (χ0) is 95.5. The van der Waals surface area contributed by atoms with Crippen molar-refractivity contribution in [3.63, 3.8) is 0 Å². The minimum absolute atomic E-state index is 0.00409. The topological polar surface area (TPSA) is 521 Å². The fourth-order valence-corrected chi connectivity index (χ4v) is 7.42. The number of hydrogen-bond acceptors (Lipinski definition) is 38. The summed E-state index contributed by atoms with van der Waals surface area (Å²) in [6.07, 6.45) is 10.7. The highest BCUT2D eigenvalue weighted by Crippen LogP contribution is 2.16. The lowest BCUT2D eigenvalue weighted by molar-refractivity contribution is -0.165. The molecule has 0 N–H and O–H groups in total. The number of esters is 12. The van der Waals surface area contributed by atoms with E-state index in [1.54, 1.807) is 201 Å². The number of rotatable bonds is 45. The molecule has 0 radical (unpaired) electrons. The second-order valence-electron chi connectivity index (χ2n) is 24.0. The van der Waals surface area contributed by atoms with E-state index in [1.165, 1.54) is 32.1 Å². The summed E-state index contributed by atoms with van der Waals surface area (Å²) in [6, 6.07) is 50.4. The van der Waals surface area contributed by atoms with Crippen molar-refractivity contribution in [1.29, 1.82) is 15.8 Å². The maximum absolute atomic E-state index is 11.9. The van der Waals surface area contributed by atoms with Crippen molar-refractivity contribution < 1.29 is 152 Å². The third kappa shape index (κ3) is 77.0. The Kier molecular flexibility index (Phi) is 78.1. The molecular formula is C90H108N6O32. The van der Waals surface area contributed by atoms with Gasteiger partial charge in [0.2, 0.25) is 18.2 Å². The lowest BCUT2D eigenvalue weighted by Crippen LogP contribution is -2.30. The summed E-state index contributed by atoms with van der Waals surface area (Å²) in [5.41, 5.74) is 0. The number of isocyanates is 3. The molecule has 690 valence electrons. The molecule has 0 saturated carbocycles. The van der Waals surface area contributed by atoms with Crippen molar-refractivity contribution in [3.05, 3.63) is 182 Å². The molecule has 0 bridgehead atoms. The maximum atomic E-state index is 11.9. The van der Waals surface area contributed by atoms with Gasteiger partial charge in [0, 0.05) is 0 Å². The average Bonchev–Trinajstić information content (AvgIpc) is 0.921. The van der Waals surface area contributed by atoms with Gasteiger partial charge in [-0.2, -0.15) is 15.8 Å². The molecule has 0 aliphatic heterocycles. The van der Waals surface area contributed by atoms with Crippen molar-refractivity contribution in [1.82, 2.24) is 0 Å². The minimum Gasteiger partial charge on any atom is -0.463 e. The lowest BCUT2D eigenvalue weighted by atomic mass is 10.3. The molecule has 128 heavy (non-hydrogen) atoms. The molecule has 2 atom stereocenters. The van der Waals surface area contributed by atoms with Crippen LogP contribution in [0, 0.1) is 34.6 Å². The molecule has 6 aromatic carbocycles. The highest BCUT2D eigenvalue weighted by molar-refractivity contribution is 5.85. The normalized spacial score (nSPS) is 9.63. The van der Waals surface area contributed by atoms with Crippen LogP contribution in [0.5, 0.6) is 34.5 Å². The predicted molar refractivity (Wildman–Crippen MR) is 452 cm³/mol. The van der Waals surface area contributed by atoms with Crippen LogP contribution in [-0.4, -0.2) is 194 Å². The van der Waals surface area contributed by atoms with Gasteiger partial charge in [-0.3, -0.25) is 28.8 Å². The molecule has 38 heteroatoms. The molecule has 0 saturated heterocycles. The number of para-hydroxylation sites is 6. The molecular weight excluding hydrogens is 1680 g/mol. The third-order valence-corrected chi connectivity index (χ3v) is 13.1. The zero-order valence-corrected chi connectivity index (χ0v) is 72.6. The number of aliphatic imine (C=N–C) groups is 3. The molecule has 0 heterocycles. The average molecular weight is 1790 g/mol. The van der Waals surface area contributed by atoms with E-state index in [0.29, 0.717) is 74.0 Å². The molecule has 38 nitrogen and oxygen atoms in total. The van der Waals surface area contributed by atoms with E-state index in [1.807, 2.05) is 41.5 Å². The van der Waals surface area contributed by atoms with E-state index in [0.717, 1.165) is 38.5 Å². The number of carbonyl (C=O) groups is 12. The van der Waals surface area contributed by atoms with E-state index in [9.17, 15) is 71.9 Å². The monoisotopic (exact) mass is 1780 g/mol. The van der Waals surface area contributed by atoms with Gasteiger partial charge in [0.15, 0.2) is 25.4 Å². The first-order chi connectivity index (χ1) is 61.9. The van der Waals surface area contributed by atoms with Crippen LogP contribution in [0.15, 0.2) is 197 Å². The summed E-state index contributed by atoms with van der Waals surface area (Å²) in [6.45, 7) is 16.1. The highest BCUT2D eigenvalue weighted by atomic mass is 16.6. The Bertz CT molecular complexity index is 4020. The van der Waals surface area contributed by atoms with Gasteiger partial charge >= 0.3 is 71.6 Å². The number of nitriles is 3. The molecule has 0 spiro atoms. The van der Waals surface area contributed by atoms with Gasteiger partial charge in [0.1, 0.15) is 80.7 Å². The van der Waals surface area contributed by atoms with Crippen LogP contribution in [0.3, 0.4) is 0 Å². The van der Waals surface area contributed by atoms with Crippen molar-refractivity contribution in [2.45, 2.75) is 145 Å². The van der Waals surface area contributed by atoms with Crippen LogP contribution < -0.4 is 28.4 Å². The fourth-order valence-electron chi connectivity index (χ4n) is 7.42. The molecule has 0 amide bonds. The molecule has 6 aromatic rings. The summed E-state index contributed by atoms with van der Waals surface area (Å²) in [7, 11) is 0. The Morgan fingerprint density at radius 1 is 0.273 bits per heavy atom. The van der Waals surface area contributed by atoms with Crippen LogP contribution in [0.2, 0.25) is 0 Å². The second-order valence-corrected chi connectivity index (χ2v) is 24.0. The van der Waals surface area contributed by atoms with Crippen molar-refractivity contribution in [2.75, 3.05) is 92.3 Å². The zero-order valence-electron chi connectivity index (χ0n) is 72.6. The SMILES string of the molecule is CC(OC(=O)CCC(=O)OC(C)C(=O)Oc1ccccc1)C(=O)Oc1ccccc1.CCCN=C=O.CCCN=C=O.CCCN=C=O.CCCOC#N.CCCOC#N.CCCOC#N.O=C(CCC(=O)OCC(=O)Oc1ccccc1)OCC(=O)Oc1ccccc1.O=C(CCC(=O)OCCOCC(=O)Oc1ccccc1)OCCOCC(=O)Oc1ccccc1. The van der Waals surface area contributed by atoms with E-state index in [2.05, 4.69) is 29.2 Å². The van der Waals surface area contributed by atoms with E-state index >= 15 is 0 Å². The van der Waals surface area contributed by atoms with Crippen LogP contribution in [0.1, 0.15) is 132 Å². The van der Waals surface area contributed by atoms with Gasteiger partial charge < -0.3 is 80.5 Å². The van der Waals surface area contributed by atoms with Gasteiger partial charge in [-0.25, -0.2) is 58.1 Å². The first-order valence-corrected chi connectivity index (χ1v) is 39.8. The van der Waals surface area contributed by atoms with E-state index in [-0.39, 0.29) is 78.2 Å². The van der Waals surface area contributed by atoms with Gasteiger partial charge in [-0.1, -0.05) is 151 Å². The summed E-state index contributed by atoms with van der Waals surface area (Å²) in [5, 5.41) is 23.2. The number of hydrogen-bond donors (Lipinski definition) is 0. The number of ether oxygens (including phenoxy) is 17. The summed E-state index contributed by atoms with van der Waals surface area (Å²) < 4.78 is 82.3. The first-order valence-electron chi connectivity index (χ1n) is 39.8. The first kappa shape index (κ1) is 117. The van der Waals surface area contributed by atoms with Crippen LogP contribution in [0.25, 0.3) is 0 Å². The summed E-state index contributed by atoms with van der Waals surface area (Å²) in [4.78, 5) is 178. The Labute approximate surface area is 742 Å². The fraction of sp³-hybridized carbons (Fsp3) is 0.400. The van der Waals surface area contributed by atoms with E-state index < -0.39 is 97.1 Å². The van der Waals surface area contributed by atoms with Crippen molar-refractivity contribution in [2.24, 2.45) is 15.0 Å². The van der Waals surface area contributed by atoms with Gasteiger partial charge in [0.25, 0.3) is 18.8 Å². The van der Waals surface area contributed by atoms with Gasteiger partial charge in [-0.15, -0.1) is 0 Å². The molecule has 2 unspecified atom stereocenters. The predicted octanol–water partition coefficient (Wildman–Crippen LogP) is 11.9. The lowest BCUT2D eigenvalue weighted by Gasteiger charge is -2.14. The maximum Gasteiger partial charge on any atom is 0.352 e. The smallest absolute Gasteiger partial charge is 0.352 e. The Hall–Kier alpha value is -15.1.